The van der Waals surface area contributed by atoms with Gasteiger partial charge in [-0.1, -0.05) is 0 Å². The van der Waals surface area contributed by atoms with E-state index in [-0.39, 0.29) is 24.8 Å². The molecule has 0 heterocycles. The number of carbonyl (C=O) groups excluding carboxylic acids is 2. The second-order valence-corrected chi connectivity index (χ2v) is 8.85. The molecule has 1 unspecified atom stereocenters. The lowest BCUT2D eigenvalue weighted by molar-refractivity contribution is -0.135. The molecule has 3 N–H and O–H groups in total. The summed E-state index contributed by atoms with van der Waals surface area (Å²) in [6.45, 7) is 7.68. The molecule has 0 fully saturated rings. The zero-order chi connectivity index (χ0) is 12.1. The fraction of sp³-hybridized carbons (Fsp3) is 0.778. The van der Waals surface area contributed by atoms with Crippen molar-refractivity contribution in [2.75, 3.05) is 6.54 Å². The Morgan fingerprint density at radius 3 is 2.33 bits per heavy atom. The third kappa shape index (κ3) is 8.13. The molecule has 88 valence electrons. The molecular weight excluding hydrogens is 212 g/mol. The molecular formula is C9H20N2O3Si. The summed E-state index contributed by atoms with van der Waals surface area (Å²) >= 11 is 0. The SMILES string of the molecule is CC(N)C(=O)NCCC(=O)O[Si](C)(C)C. The summed E-state index contributed by atoms with van der Waals surface area (Å²) < 4.78 is 5.20. The predicted molar refractivity (Wildman–Crippen MR) is 60.7 cm³/mol. The normalized spacial score (nSPS) is 13.1. The molecule has 6 heteroatoms. The molecule has 0 aromatic heterocycles. The van der Waals surface area contributed by atoms with Gasteiger partial charge in [-0.2, -0.15) is 0 Å². The lowest BCUT2D eigenvalue weighted by atomic mass is 10.3. The highest BCUT2D eigenvalue weighted by Gasteiger charge is 2.19. The van der Waals surface area contributed by atoms with E-state index in [9.17, 15) is 9.59 Å². The van der Waals surface area contributed by atoms with Crippen molar-refractivity contribution >= 4 is 20.2 Å². The molecule has 15 heavy (non-hydrogen) atoms. The van der Waals surface area contributed by atoms with Crippen molar-refractivity contribution in [2.24, 2.45) is 5.73 Å². The second-order valence-electron chi connectivity index (χ2n) is 4.42. The minimum atomic E-state index is -1.81. The first-order valence-corrected chi connectivity index (χ1v) is 8.38. The molecule has 5 nitrogen and oxygen atoms in total. The molecule has 0 bridgehead atoms. The van der Waals surface area contributed by atoms with Crippen molar-refractivity contribution in [1.29, 1.82) is 0 Å². The first-order chi connectivity index (χ1) is 6.72. The van der Waals surface area contributed by atoms with E-state index in [4.69, 9.17) is 10.2 Å². The number of amides is 1. The first-order valence-electron chi connectivity index (χ1n) is 4.97. The van der Waals surface area contributed by atoms with Crippen LogP contribution in [0.5, 0.6) is 0 Å². The monoisotopic (exact) mass is 232 g/mol. The number of hydrogen-bond donors (Lipinski definition) is 2. The van der Waals surface area contributed by atoms with Crippen LogP contribution in [0.15, 0.2) is 0 Å². The third-order valence-corrected chi connectivity index (χ3v) is 2.30. The summed E-state index contributed by atoms with van der Waals surface area (Å²) in [5, 5.41) is 2.55. The van der Waals surface area contributed by atoms with Gasteiger partial charge in [0.15, 0.2) is 0 Å². The molecule has 0 spiro atoms. The van der Waals surface area contributed by atoms with Crippen LogP contribution >= 0.6 is 0 Å². The Balaban J connectivity index is 3.70. The summed E-state index contributed by atoms with van der Waals surface area (Å²) in [4.78, 5) is 22.3. The van der Waals surface area contributed by atoms with Crippen LogP contribution in [-0.2, 0) is 14.0 Å². The van der Waals surface area contributed by atoms with Crippen molar-refractivity contribution in [1.82, 2.24) is 5.32 Å². The summed E-state index contributed by atoms with van der Waals surface area (Å²) in [5.74, 6) is -0.519. The van der Waals surface area contributed by atoms with Crippen molar-refractivity contribution in [3.8, 4) is 0 Å². The van der Waals surface area contributed by atoms with Gasteiger partial charge in [-0.15, -0.1) is 0 Å². The van der Waals surface area contributed by atoms with Crippen LogP contribution in [0, 0.1) is 0 Å². The zero-order valence-corrected chi connectivity index (χ0v) is 10.8. The van der Waals surface area contributed by atoms with Crippen LogP contribution in [0.25, 0.3) is 0 Å². The zero-order valence-electron chi connectivity index (χ0n) is 9.79. The molecule has 1 atom stereocenters. The van der Waals surface area contributed by atoms with Gasteiger partial charge in [0, 0.05) is 6.54 Å². The van der Waals surface area contributed by atoms with E-state index in [2.05, 4.69) is 5.32 Å². The van der Waals surface area contributed by atoms with Crippen molar-refractivity contribution in [2.45, 2.75) is 39.0 Å². The smallest absolute Gasteiger partial charge is 0.294 e. The van der Waals surface area contributed by atoms with Crippen LogP contribution in [0.1, 0.15) is 13.3 Å². The number of hydrogen-bond acceptors (Lipinski definition) is 4. The summed E-state index contributed by atoms with van der Waals surface area (Å²) in [6.07, 6.45) is 0.197. The first kappa shape index (κ1) is 14.1. The van der Waals surface area contributed by atoms with E-state index < -0.39 is 14.4 Å². The highest BCUT2D eigenvalue weighted by atomic mass is 28.4. The van der Waals surface area contributed by atoms with Gasteiger partial charge in [-0.3, -0.25) is 9.59 Å². The molecule has 1 amide bonds. The maximum absolute atomic E-state index is 11.2. The van der Waals surface area contributed by atoms with E-state index in [1.807, 2.05) is 19.6 Å². The minimum absolute atomic E-state index is 0.197. The van der Waals surface area contributed by atoms with E-state index in [0.717, 1.165) is 0 Å². The average Bonchev–Trinajstić information content (AvgIpc) is 2.00. The molecule has 0 aliphatic rings. The Hall–Kier alpha value is -0.883. The Labute approximate surface area is 91.5 Å². The number of nitrogens with one attached hydrogen (secondary N) is 1. The molecule has 0 saturated carbocycles. The molecule has 0 aliphatic heterocycles. The van der Waals surface area contributed by atoms with E-state index in [1.54, 1.807) is 6.92 Å². The van der Waals surface area contributed by atoms with Gasteiger partial charge >= 0.3 is 0 Å². The molecule has 0 aromatic carbocycles. The molecule has 0 saturated heterocycles. The van der Waals surface area contributed by atoms with Gasteiger partial charge in [-0.25, -0.2) is 0 Å². The van der Waals surface area contributed by atoms with Crippen molar-refractivity contribution < 1.29 is 14.0 Å². The largest absolute Gasteiger partial charge is 0.520 e. The quantitative estimate of drug-likeness (QED) is 0.664. The van der Waals surface area contributed by atoms with E-state index in [0.29, 0.717) is 0 Å². The Morgan fingerprint density at radius 2 is 1.93 bits per heavy atom. The van der Waals surface area contributed by atoms with Crippen LogP contribution < -0.4 is 11.1 Å². The van der Waals surface area contributed by atoms with E-state index >= 15 is 0 Å². The van der Waals surface area contributed by atoms with Crippen LogP contribution in [0.2, 0.25) is 19.6 Å². The maximum Gasteiger partial charge on any atom is 0.294 e. The average molecular weight is 232 g/mol. The van der Waals surface area contributed by atoms with Crippen LogP contribution in [0.3, 0.4) is 0 Å². The fourth-order valence-corrected chi connectivity index (χ4v) is 1.63. The highest BCUT2D eigenvalue weighted by Crippen LogP contribution is 2.03. The number of nitrogens with two attached hydrogens (primary N) is 1. The Bertz CT molecular complexity index is 236. The van der Waals surface area contributed by atoms with Crippen LogP contribution in [0.4, 0.5) is 0 Å². The third-order valence-electron chi connectivity index (χ3n) is 1.46. The standard InChI is InChI=1S/C9H20N2O3Si/c1-7(10)9(13)11-6-5-8(12)14-15(2,3)4/h7H,5-6,10H2,1-4H3,(H,11,13). The van der Waals surface area contributed by atoms with Crippen molar-refractivity contribution in [3.05, 3.63) is 0 Å². The number of carbonyl (C=O) groups is 2. The molecule has 0 rings (SSSR count). The van der Waals surface area contributed by atoms with Gasteiger partial charge in [0.2, 0.25) is 14.2 Å². The van der Waals surface area contributed by atoms with E-state index in [1.165, 1.54) is 0 Å². The summed E-state index contributed by atoms with van der Waals surface area (Å²) in [7, 11) is -1.81. The molecule has 0 radical (unpaired) electrons. The fourth-order valence-electron chi connectivity index (χ4n) is 0.841. The topological polar surface area (TPSA) is 81.4 Å². The molecule has 0 aromatic rings. The highest BCUT2D eigenvalue weighted by molar-refractivity contribution is 6.71. The number of rotatable bonds is 5. The van der Waals surface area contributed by atoms with Gasteiger partial charge in [-0.05, 0) is 26.6 Å². The van der Waals surface area contributed by atoms with Gasteiger partial charge in [0.05, 0.1) is 12.5 Å². The second kappa shape index (κ2) is 5.87. The predicted octanol–water partition coefficient (Wildman–Crippen LogP) is 0.218. The van der Waals surface area contributed by atoms with Crippen molar-refractivity contribution in [3.63, 3.8) is 0 Å². The Morgan fingerprint density at radius 1 is 1.40 bits per heavy atom. The molecule has 0 aliphatic carbocycles. The van der Waals surface area contributed by atoms with Gasteiger partial charge in [0.25, 0.3) is 5.97 Å². The van der Waals surface area contributed by atoms with Crippen LogP contribution in [-0.4, -0.2) is 32.8 Å². The lowest BCUT2D eigenvalue weighted by Crippen LogP contribution is -2.39. The lowest BCUT2D eigenvalue weighted by Gasteiger charge is -2.17. The maximum atomic E-state index is 11.2. The van der Waals surface area contributed by atoms with Gasteiger partial charge in [0.1, 0.15) is 0 Å². The minimum Gasteiger partial charge on any atom is -0.520 e. The summed E-state index contributed by atoms with van der Waals surface area (Å²) in [6, 6.07) is -0.544. The Kier molecular flexibility index (Phi) is 5.52. The summed E-state index contributed by atoms with van der Waals surface area (Å²) in [5.41, 5.74) is 5.33. The van der Waals surface area contributed by atoms with Gasteiger partial charge < -0.3 is 15.5 Å².